The van der Waals surface area contributed by atoms with Gasteiger partial charge in [-0.05, 0) is 24.1 Å². The molecule has 0 aromatic heterocycles. The number of carbonyl (C=O) groups is 1. The summed E-state index contributed by atoms with van der Waals surface area (Å²) in [5.41, 5.74) is 0.771. The first-order valence-corrected chi connectivity index (χ1v) is 5.85. The molecule has 0 saturated carbocycles. The van der Waals surface area contributed by atoms with Crippen LogP contribution in [0.2, 0.25) is 0 Å². The average molecular weight is 275 g/mol. The fourth-order valence-electron chi connectivity index (χ4n) is 1.62. The van der Waals surface area contributed by atoms with Crippen LogP contribution in [0.15, 0.2) is 24.3 Å². The monoisotopic (exact) mass is 275 g/mol. The molecule has 0 aliphatic carbocycles. The van der Waals surface area contributed by atoms with Gasteiger partial charge in [-0.25, -0.2) is 4.79 Å². The maximum Gasteiger partial charge on any atom is 0.393 e. The number of hydrogen-bond acceptors (Lipinski definition) is 3. The third kappa shape index (κ3) is 5.19. The van der Waals surface area contributed by atoms with Gasteiger partial charge in [0.2, 0.25) is 0 Å². The van der Waals surface area contributed by atoms with E-state index in [1.807, 2.05) is 6.92 Å². The molecule has 0 bridgehead atoms. The number of ether oxygens (including phenoxy) is 1. The predicted molar refractivity (Wildman–Crippen MR) is 65.9 cm³/mol. The van der Waals surface area contributed by atoms with Gasteiger partial charge < -0.3 is 10.1 Å². The molecule has 3 nitrogen and oxygen atoms in total. The van der Waals surface area contributed by atoms with Crippen LogP contribution in [0.25, 0.3) is 0 Å². The number of methoxy groups -OCH3 is 1. The van der Waals surface area contributed by atoms with Crippen LogP contribution in [0, 0.1) is 0 Å². The van der Waals surface area contributed by atoms with Gasteiger partial charge in [-0.2, -0.15) is 13.2 Å². The van der Waals surface area contributed by atoms with E-state index in [1.165, 1.54) is 31.4 Å². The van der Waals surface area contributed by atoms with Gasteiger partial charge in [0.25, 0.3) is 0 Å². The normalized spacial score (nSPS) is 12.9. The van der Waals surface area contributed by atoms with Crippen molar-refractivity contribution in [1.82, 2.24) is 0 Å². The molecule has 0 aliphatic rings. The van der Waals surface area contributed by atoms with Gasteiger partial charge in [0.1, 0.15) is 6.04 Å². The van der Waals surface area contributed by atoms with Crippen LogP contribution >= 0.6 is 0 Å². The molecule has 106 valence electrons. The van der Waals surface area contributed by atoms with E-state index in [1.54, 1.807) is 0 Å². The van der Waals surface area contributed by atoms with E-state index in [0.29, 0.717) is 12.1 Å². The second-order valence-electron chi connectivity index (χ2n) is 4.12. The Kier molecular flexibility index (Phi) is 5.20. The Bertz CT molecular complexity index is 415. The molecule has 0 aliphatic heterocycles. The van der Waals surface area contributed by atoms with E-state index in [4.69, 9.17) is 0 Å². The van der Waals surface area contributed by atoms with Gasteiger partial charge in [-0.1, -0.05) is 19.1 Å². The highest BCUT2D eigenvalue weighted by atomic mass is 19.4. The zero-order valence-electron chi connectivity index (χ0n) is 10.8. The lowest BCUT2D eigenvalue weighted by Crippen LogP contribution is -2.29. The summed E-state index contributed by atoms with van der Waals surface area (Å²) in [4.78, 5) is 11.4. The number of anilines is 1. The van der Waals surface area contributed by atoms with Crippen LogP contribution in [-0.2, 0) is 16.0 Å². The Morgan fingerprint density at radius 3 is 2.32 bits per heavy atom. The van der Waals surface area contributed by atoms with Gasteiger partial charge in [-0.3, -0.25) is 0 Å². The van der Waals surface area contributed by atoms with Crippen LogP contribution in [0.3, 0.4) is 0 Å². The largest absolute Gasteiger partial charge is 0.467 e. The van der Waals surface area contributed by atoms with Crippen molar-refractivity contribution >= 4 is 11.7 Å². The molecule has 1 atom stereocenters. The minimum atomic E-state index is -4.22. The number of rotatable bonds is 5. The second-order valence-corrected chi connectivity index (χ2v) is 4.12. The Morgan fingerprint density at radius 2 is 1.89 bits per heavy atom. The third-order valence-electron chi connectivity index (χ3n) is 2.59. The molecule has 1 aromatic rings. The lowest BCUT2D eigenvalue weighted by Gasteiger charge is -2.16. The quantitative estimate of drug-likeness (QED) is 0.839. The summed E-state index contributed by atoms with van der Waals surface area (Å²) in [6.45, 7) is 1.81. The van der Waals surface area contributed by atoms with Crippen LogP contribution in [0.4, 0.5) is 18.9 Å². The first-order chi connectivity index (χ1) is 8.85. The molecule has 0 spiro atoms. The standard InChI is InChI=1S/C13H16F3NO2/c1-3-11(12(18)19-2)17-10-6-4-9(5-7-10)8-13(14,15)16/h4-7,11,17H,3,8H2,1-2H3/t11-/m1/s1. The fourth-order valence-corrected chi connectivity index (χ4v) is 1.62. The summed E-state index contributed by atoms with van der Waals surface area (Å²) in [7, 11) is 1.29. The number of hydrogen-bond donors (Lipinski definition) is 1. The fraction of sp³-hybridized carbons (Fsp3) is 0.462. The van der Waals surface area contributed by atoms with E-state index in [2.05, 4.69) is 10.1 Å². The van der Waals surface area contributed by atoms with Gasteiger partial charge in [-0.15, -0.1) is 0 Å². The van der Waals surface area contributed by atoms with Gasteiger partial charge in [0.15, 0.2) is 0 Å². The third-order valence-corrected chi connectivity index (χ3v) is 2.59. The topological polar surface area (TPSA) is 38.3 Å². The van der Waals surface area contributed by atoms with Crippen LogP contribution in [0.5, 0.6) is 0 Å². The second kappa shape index (κ2) is 6.45. The molecule has 1 N–H and O–H groups in total. The van der Waals surface area contributed by atoms with Crippen molar-refractivity contribution in [3.63, 3.8) is 0 Å². The minimum absolute atomic E-state index is 0.184. The number of esters is 1. The van der Waals surface area contributed by atoms with Crippen molar-refractivity contribution in [3.8, 4) is 0 Å². The van der Waals surface area contributed by atoms with Crippen molar-refractivity contribution in [3.05, 3.63) is 29.8 Å². The van der Waals surface area contributed by atoms with E-state index in [0.717, 1.165) is 0 Å². The van der Waals surface area contributed by atoms with E-state index >= 15 is 0 Å². The zero-order valence-corrected chi connectivity index (χ0v) is 10.8. The van der Waals surface area contributed by atoms with Crippen molar-refractivity contribution in [2.75, 3.05) is 12.4 Å². The first-order valence-electron chi connectivity index (χ1n) is 5.85. The number of carbonyl (C=O) groups excluding carboxylic acids is 1. The lowest BCUT2D eigenvalue weighted by atomic mass is 10.1. The Morgan fingerprint density at radius 1 is 1.32 bits per heavy atom. The molecule has 0 saturated heterocycles. The Hall–Kier alpha value is -1.72. The maximum absolute atomic E-state index is 12.2. The molecule has 1 rings (SSSR count). The molecule has 19 heavy (non-hydrogen) atoms. The molecular weight excluding hydrogens is 259 g/mol. The summed E-state index contributed by atoms with van der Waals surface area (Å²) in [5.74, 6) is -0.401. The molecule has 0 fully saturated rings. The van der Waals surface area contributed by atoms with E-state index in [9.17, 15) is 18.0 Å². The number of benzene rings is 1. The van der Waals surface area contributed by atoms with Gasteiger partial charge in [0.05, 0.1) is 13.5 Å². The predicted octanol–water partition coefficient (Wildman–Crippen LogP) is 3.15. The highest BCUT2D eigenvalue weighted by Crippen LogP contribution is 2.22. The van der Waals surface area contributed by atoms with Crippen molar-refractivity contribution in [2.45, 2.75) is 32.0 Å². The number of nitrogens with one attached hydrogen (secondary N) is 1. The Labute approximate surface area is 109 Å². The molecule has 0 amide bonds. The maximum atomic E-state index is 12.2. The molecule has 1 aromatic carbocycles. The zero-order chi connectivity index (χ0) is 14.5. The summed E-state index contributed by atoms with van der Waals surface area (Å²) in [5, 5.41) is 2.91. The van der Waals surface area contributed by atoms with Gasteiger partial charge >= 0.3 is 12.1 Å². The Balaban J connectivity index is 2.68. The lowest BCUT2D eigenvalue weighted by molar-refractivity contribution is -0.141. The number of alkyl halides is 3. The summed E-state index contributed by atoms with van der Waals surface area (Å²) in [6.07, 6.45) is -4.65. The highest BCUT2D eigenvalue weighted by Gasteiger charge is 2.27. The van der Waals surface area contributed by atoms with Crippen molar-refractivity contribution < 1.29 is 22.7 Å². The summed E-state index contributed by atoms with van der Waals surface area (Å²) in [6, 6.07) is 5.32. The van der Waals surface area contributed by atoms with E-state index in [-0.39, 0.29) is 5.56 Å². The minimum Gasteiger partial charge on any atom is -0.467 e. The number of halogens is 3. The molecule has 0 heterocycles. The summed E-state index contributed by atoms with van der Waals surface area (Å²) >= 11 is 0. The van der Waals surface area contributed by atoms with Crippen molar-refractivity contribution in [2.24, 2.45) is 0 Å². The smallest absolute Gasteiger partial charge is 0.393 e. The molecular formula is C13H16F3NO2. The first kappa shape index (κ1) is 15.3. The highest BCUT2D eigenvalue weighted by molar-refractivity contribution is 5.79. The summed E-state index contributed by atoms with van der Waals surface area (Å²) < 4.78 is 41.2. The SMILES string of the molecule is CC[C@@H](Nc1ccc(CC(F)(F)F)cc1)C(=O)OC. The molecule has 0 unspecified atom stereocenters. The van der Waals surface area contributed by atoms with Crippen LogP contribution in [0.1, 0.15) is 18.9 Å². The molecule has 0 radical (unpaired) electrons. The van der Waals surface area contributed by atoms with E-state index < -0.39 is 24.6 Å². The van der Waals surface area contributed by atoms with Crippen molar-refractivity contribution in [1.29, 1.82) is 0 Å². The average Bonchev–Trinajstić information content (AvgIpc) is 2.35. The van der Waals surface area contributed by atoms with Crippen LogP contribution in [-0.4, -0.2) is 25.3 Å². The van der Waals surface area contributed by atoms with Crippen LogP contribution < -0.4 is 5.32 Å². The molecule has 6 heteroatoms. The van der Waals surface area contributed by atoms with Gasteiger partial charge in [0, 0.05) is 5.69 Å².